The summed E-state index contributed by atoms with van der Waals surface area (Å²) in [4.78, 5) is 28.0. The summed E-state index contributed by atoms with van der Waals surface area (Å²) in [6.07, 6.45) is 1.97. The van der Waals surface area contributed by atoms with Crippen molar-refractivity contribution in [3.63, 3.8) is 0 Å². The van der Waals surface area contributed by atoms with E-state index in [1.807, 2.05) is 0 Å². The quantitative estimate of drug-likeness (QED) is 0.900. The number of hydrogen-bond acceptors (Lipinski definition) is 4. The van der Waals surface area contributed by atoms with Crippen LogP contribution in [0.2, 0.25) is 5.02 Å². The fraction of sp³-hybridized carbons (Fsp3) is 0.214. The minimum atomic E-state index is -0.512. The van der Waals surface area contributed by atoms with Crippen LogP contribution in [0.15, 0.2) is 24.4 Å². The lowest BCUT2D eigenvalue weighted by Gasteiger charge is -2.07. The number of thiazole rings is 1. The second kappa shape index (κ2) is 6.02. The molecule has 2 aromatic rings. The molecule has 0 radical (unpaired) electrons. The summed E-state index contributed by atoms with van der Waals surface area (Å²) in [5, 5.41) is 6.05. The molecule has 1 saturated heterocycles. The lowest BCUT2D eigenvalue weighted by Crippen LogP contribution is -2.39. The van der Waals surface area contributed by atoms with Gasteiger partial charge in [0.1, 0.15) is 21.7 Å². The normalized spacial score (nSPS) is 17.4. The first-order valence-corrected chi connectivity index (χ1v) is 7.73. The van der Waals surface area contributed by atoms with E-state index in [-0.39, 0.29) is 16.8 Å². The number of halogens is 2. The lowest BCUT2D eigenvalue weighted by atomic mass is 10.2. The van der Waals surface area contributed by atoms with Crippen molar-refractivity contribution in [2.24, 2.45) is 0 Å². The van der Waals surface area contributed by atoms with Crippen LogP contribution in [-0.4, -0.2) is 29.4 Å². The van der Waals surface area contributed by atoms with E-state index in [4.69, 9.17) is 11.6 Å². The van der Waals surface area contributed by atoms with Crippen molar-refractivity contribution >= 4 is 34.8 Å². The highest BCUT2D eigenvalue weighted by Gasteiger charge is 2.26. The molecule has 0 unspecified atom stereocenters. The monoisotopic (exact) mass is 339 g/mol. The number of hydrogen-bond donors (Lipinski definition) is 2. The van der Waals surface area contributed by atoms with Gasteiger partial charge in [-0.05, 0) is 24.6 Å². The van der Waals surface area contributed by atoms with Crippen LogP contribution in [-0.2, 0) is 4.79 Å². The van der Waals surface area contributed by atoms with Gasteiger partial charge in [-0.1, -0.05) is 11.6 Å². The summed E-state index contributed by atoms with van der Waals surface area (Å²) in [6, 6.07) is 3.57. The van der Waals surface area contributed by atoms with Gasteiger partial charge >= 0.3 is 0 Å². The first-order valence-electron chi connectivity index (χ1n) is 6.54. The third kappa shape index (κ3) is 3.10. The van der Waals surface area contributed by atoms with Gasteiger partial charge in [0.2, 0.25) is 5.91 Å². The Morgan fingerprint density at radius 1 is 1.45 bits per heavy atom. The molecule has 1 aromatic carbocycles. The van der Waals surface area contributed by atoms with Gasteiger partial charge in [-0.3, -0.25) is 9.59 Å². The molecule has 1 aromatic heterocycles. The van der Waals surface area contributed by atoms with Crippen LogP contribution in [0.4, 0.5) is 4.39 Å². The van der Waals surface area contributed by atoms with Crippen LogP contribution in [0.3, 0.4) is 0 Å². The molecule has 3 rings (SSSR count). The first-order chi connectivity index (χ1) is 10.5. The Hall–Kier alpha value is -1.99. The number of nitrogens with one attached hydrogen (secondary N) is 2. The van der Waals surface area contributed by atoms with Crippen molar-refractivity contribution < 1.29 is 14.0 Å². The summed E-state index contributed by atoms with van der Waals surface area (Å²) in [5.41, 5.74) is 0.507. The largest absolute Gasteiger partial charge is 0.354 e. The van der Waals surface area contributed by atoms with Crippen LogP contribution < -0.4 is 10.6 Å². The van der Waals surface area contributed by atoms with Crippen LogP contribution >= 0.6 is 22.9 Å². The number of nitrogens with zero attached hydrogens (tertiary/aromatic N) is 1. The van der Waals surface area contributed by atoms with Gasteiger partial charge < -0.3 is 10.6 Å². The maximum atomic E-state index is 13.4. The Morgan fingerprint density at radius 2 is 2.27 bits per heavy atom. The molecule has 0 bridgehead atoms. The SMILES string of the molecule is O=C(N[C@@H]1CCNC1=O)c1cnc(-c2cc(F)cc(Cl)c2)s1. The van der Waals surface area contributed by atoms with E-state index in [9.17, 15) is 14.0 Å². The number of aromatic nitrogens is 1. The smallest absolute Gasteiger partial charge is 0.263 e. The molecule has 0 aliphatic carbocycles. The summed E-state index contributed by atoms with van der Waals surface area (Å²) in [5.74, 6) is -1.02. The Balaban J connectivity index is 1.78. The number of carbonyl (C=O) groups is 2. The average Bonchev–Trinajstić information content (AvgIpc) is 3.08. The topological polar surface area (TPSA) is 71.1 Å². The predicted octanol–water partition coefficient (Wildman–Crippen LogP) is 2.22. The molecule has 5 nitrogen and oxygen atoms in total. The second-order valence-electron chi connectivity index (χ2n) is 4.79. The Kier molecular flexibility index (Phi) is 4.08. The molecule has 8 heteroatoms. The van der Waals surface area contributed by atoms with Gasteiger partial charge in [-0.15, -0.1) is 11.3 Å². The van der Waals surface area contributed by atoms with E-state index in [0.717, 1.165) is 11.3 Å². The summed E-state index contributed by atoms with van der Waals surface area (Å²) in [7, 11) is 0. The molecule has 1 fully saturated rings. The highest BCUT2D eigenvalue weighted by atomic mass is 35.5. The molecule has 114 valence electrons. The van der Waals surface area contributed by atoms with E-state index in [1.54, 1.807) is 6.07 Å². The number of amides is 2. The highest BCUT2D eigenvalue weighted by molar-refractivity contribution is 7.16. The lowest BCUT2D eigenvalue weighted by molar-refractivity contribution is -0.120. The van der Waals surface area contributed by atoms with Crippen molar-refractivity contribution in [2.45, 2.75) is 12.5 Å². The van der Waals surface area contributed by atoms with Gasteiger partial charge in [0.15, 0.2) is 0 Å². The number of carbonyl (C=O) groups excluding carboxylic acids is 2. The minimum Gasteiger partial charge on any atom is -0.354 e. The second-order valence-corrected chi connectivity index (χ2v) is 6.26. The standard InChI is InChI=1S/C14H11ClFN3O2S/c15-8-3-7(4-9(16)5-8)14-18-6-11(22-14)13(21)19-10-1-2-17-12(10)20/h3-6,10H,1-2H2,(H,17,20)(H,19,21)/t10-/m1/s1. The molecular formula is C14H11ClFN3O2S. The molecule has 2 amide bonds. The van der Waals surface area contributed by atoms with Gasteiger partial charge in [0.05, 0.1) is 6.20 Å². The zero-order valence-corrected chi connectivity index (χ0v) is 12.8. The third-order valence-corrected chi connectivity index (χ3v) is 4.46. The predicted molar refractivity (Wildman–Crippen MR) is 81.4 cm³/mol. The summed E-state index contributed by atoms with van der Waals surface area (Å²) < 4.78 is 13.4. The van der Waals surface area contributed by atoms with Gasteiger partial charge in [0, 0.05) is 17.1 Å². The molecule has 2 heterocycles. The molecule has 0 spiro atoms. The Morgan fingerprint density at radius 3 is 2.95 bits per heavy atom. The Bertz CT molecular complexity index is 729. The number of benzene rings is 1. The molecule has 0 saturated carbocycles. The summed E-state index contributed by atoms with van der Waals surface area (Å²) in [6.45, 7) is 0.555. The van der Waals surface area contributed by atoms with Crippen LogP contribution in [0.1, 0.15) is 16.1 Å². The number of rotatable bonds is 3. The molecule has 1 aliphatic rings. The maximum Gasteiger partial charge on any atom is 0.263 e. The van der Waals surface area contributed by atoms with Gasteiger partial charge in [0.25, 0.3) is 5.91 Å². The van der Waals surface area contributed by atoms with Crippen LogP contribution in [0, 0.1) is 5.82 Å². The molecule has 22 heavy (non-hydrogen) atoms. The zero-order chi connectivity index (χ0) is 15.7. The molecule has 2 N–H and O–H groups in total. The zero-order valence-electron chi connectivity index (χ0n) is 11.2. The van der Waals surface area contributed by atoms with E-state index < -0.39 is 11.9 Å². The highest BCUT2D eigenvalue weighted by Crippen LogP contribution is 2.28. The minimum absolute atomic E-state index is 0.185. The fourth-order valence-electron chi connectivity index (χ4n) is 2.15. The van der Waals surface area contributed by atoms with E-state index in [1.165, 1.54) is 18.3 Å². The van der Waals surface area contributed by atoms with Crippen molar-refractivity contribution in [1.82, 2.24) is 15.6 Å². The molecule has 1 atom stereocenters. The van der Waals surface area contributed by atoms with Gasteiger partial charge in [-0.2, -0.15) is 0 Å². The van der Waals surface area contributed by atoms with Crippen LogP contribution in [0.25, 0.3) is 10.6 Å². The summed E-state index contributed by atoms with van der Waals surface area (Å²) >= 11 is 6.93. The fourth-order valence-corrected chi connectivity index (χ4v) is 3.18. The first kappa shape index (κ1) is 14.9. The molecular weight excluding hydrogens is 329 g/mol. The Labute approximate surface area is 134 Å². The van der Waals surface area contributed by atoms with Gasteiger partial charge in [-0.25, -0.2) is 9.37 Å². The van der Waals surface area contributed by atoms with E-state index in [0.29, 0.717) is 28.4 Å². The molecule has 1 aliphatic heterocycles. The van der Waals surface area contributed by atoms with Crippen molar-refractivity contribution in [3.8, 4) is 10.6 Å². The maximum absolute atomic E-state index is 13.4. The van der Waals surface area contributed by atoms with Crippen molar-refractivity contribution in [2.75, 3.05) is 6.54 Å². The van der Waals surface area contributed by atoms with E-state index >= 15 is 0 Å². The average molecular weight is 340 g/mol. The van der Waals surface area contributed by atoms with E-state index in [2.05, 4.69) is 15.6 Å². The third-order valence-electron chi connectivity index (χ3n) is 3.19. The van der Waals surface area contributed by atoms with Crippen molar-refractivity contribution in [1.29, 1.82) is 0 Å². The van der Waals surface area contributed by atoms with Crippen molar-refractivity contribution in [3.05, 3.63) is 40.1 Å². The van der Waals surface area contributed by atoms with Crippen LogP contribution in [0.5, 0.6) is 0 Å².